The number of aromatic nitrogens is 2. The van der Waals surface area contributed by atoms with Crippen LogP contribution >= 0.6 is 0 Å². The first-order chi connectivity index (χ1) is 9.19. The topological polar surface area (TPSA) is 60.2 Å². The van der Waals surface area contributed by atoms with Gasteiger partial charge in [-0.25, -0.2) is 0 Å². The molecule has 0 aliphatic rings. The predicted octanol–water partition coefficient (Wildman–Crippen LogP) is 2.49. The fourth-order valence-corrected chi connectivity index (χ4v) is 1.61. The lowest BCUT2D eigenvalue weighted by Gasteiger charge is -2.04. The molecule has 0 amide bonds. The molecular formula is C14H19N3O2. The summed E-state index contributed by atoms with van der Waals surface area (Å²) in [5, 5.41) is 6.99. The second kappa shape index (κ2) is 6.33. The van der Waals surface area contributed by atoms with Gasteiger partial charge in [0, 0.05) is 12.5 Å². The molecule has 5 nitrogen and oxygen atoms in total. The number of hydrogen-bond acceptors (Lipinski definition) is 5. The van der Waals surface area contributed by atoms with Crippen molar-refractivity contribution in [3.05, 3.63) is 41.5 Å². The molecule has 0 saturated carbocycles. The van der Waals surface area contributed by atoms with Crippen molar-refractivity contribution in [3.63, 3.8) is 0 Å². The minimum Gasteiger partial charge on any atom is -0.484 e. The van der Waals surface area contributed by atoms with Crippen LogP contribution in [-0.2, 0) is 13.2 Å². The molecule has 0 aliphatic carbocycles. The lowest BCUT2D eigenvalue weighted by atomic mass is 10.2. The molecule has 0 radical (unpaired) electrons. The Labute approximate surface area is 113 Å². The number of ether oxygens (including phenoxy) is 1. The van der Waals surface area contributed by atoms with Gasteiger partial charge < -0.3 is 14.6 Å². The minimum absolute atomic E-state index is 0.262. The monoisotopic (exact) mass is 261 g/mol. The first-order valence-electron chi connectivity index (χ1n) is 6.38. The van der Waals surface area contributed by atoms with Crippen LogP contribution in [0.25, 0.3) is 0 Å². The molecule has 5 heteroatoms. The minimum atomic E-state index is 0.262. The lowest BCUT2D eigenvalue weighted by molar-refractivity contribution is 0.242. The Morgan fingerprint density at radius 2 is 2.00 bits per heavy atom. The van der Waals surface area contributed by atoms with Crippen molar-refractivity contribution in [2.45, 2.75) is 32.9 Å². The molecule has 1 heterocycles. The summed E-state index contributed by atoms with van der Waals surface area (Å²) in [6.07, 6.45) is 0. The van der Waals surface area contributed by atoms with Gasteiger partial charge in [-0.05, 0) is 24.7 Å². The van der Waals surface area contributed by atoms with Gasteiger partial charge in [0.2, 0.25) is 0 Å². The third-order valence-electron chi connectivity index (χ3n) is 2.67. The maximum Gasteiger partial charge on any atom is 0.264 e. The fourth-order valence-electron chi connectivity index (χ4n) is 1.61. The highest BCUT2D eigenvalue weighted by atomic mass is 16.5. The van der Waals surface area contributed by atoms with Gasteiger partial charge in [0.1, 0.15) is 5.75 Å². The van der Waals surface area contributed by atoms with Gasteiger partial charge in [0.25, 0.3) is 5.89 Å². The van der Waals surface area contributed by atoms with E-state index in [-0.39, 0.29) is 5.92 Å². The van der Waals surface area contributed by atoms with Crippen molar-refractivity contribution < 1.29 is 9.26 Å². The van der Waals surface area contributed by atoms with E-state index in [4.69, 9.17) is 9.26 Å². The highest BCUT2D eigenvalue weighted by Crippen LogP contribution is 2.15. The van der Waals surface area contributed by atoms with Crippen molar-refractivity contribution in [1.29, 1.82) is 0 Å². The Kier molecular flexibility index (Phi) is 4.52. The van der Waals surface area contributed by atoms with Crippen LogP contribution in [0.4, 0.5) is 0 Å². The lowest BCUT2D eigenvalue weighted by Crippen LogP contribution is -2.04. The van der Waals surface area contributed by atoms with Gasteiger partial charge in [-0.1, -0.05) is 31.1 Å². The summed E-state index contributed by atoms with van der Waals surface area (Å²) in [5.74, 6) is 2.27. The number of hydrogen-bond donors (Lipinski definition) is 1. The van der Waals surface area contributed by atoms with Gasteiger partial charge in [-0.2, -0.15) is 4.98 Å². The molecule has 0 bridgehead atoms. The third-order valence-corrected chi connectivity index (χ3v) is 2.67. The molecular weight excluding hydrogens is 242 g/mol. The Morgan fingerprint density at radius 3 is 2.58 bits per heavy atom. The van der Waals surface area contributed by atoms with Crippen molar-refractivity contribution in [2.24, 2.45) is 0 Å². The summed E-state index contributed by atoms with van der Waals surface area (Å²) in [5.41, 5.74) is 1.22. The van der Waals surface area contributed by atoms with Gasteiger partial charge in [0.05, 0.1) is 0 Å². The SMILES string of the molecule is CNCc1ccc(OCc2nc(C(C)C)no2)cc1. The van der Waals surface area contributed by atoms with Crippen LogP contribution < -0.4 is 10.1 Å². The van der Waals surface area contributed by atoms with E-state index < -0.39 is 0 Å². The highest BCUT2D eigenvalue weighted by molar-refractivity contribution is 5.27. The summed E-state index contributed by atoms with van der Waals surface area (Å²) in [6, 6.07) is 7.93. The van der Waals surface area contributed by atoms with E-state index in [2.05, 4.69) is 15.5 Å². The number of benzene rings is 1. The van der Waals surface area contributed by atoms with Crippen LogP contribution in [0.2, 0.25) is 0 Å². The summed E-state index contributed by atoms with van der Waals surface area (Å²) in [6.45, 7) is 5.19. The average molecular weight is 261 g/mol. The van der Waals surface area contributed by atoms with E-state index in [0.717, 1.165) is 12.3 Å². The van der Waals surface area contributed by atoms with E-state index in [9.17, 15) is 0 Å². The second-order valence-corrected chi connectivity index (χ2v) is 4.66. The molecule has 0 aliphatic heterocycles. The van der Waals surface area contributed by atoms with Crippen molar-refractivity contribution >= 4 is 0 Å². The highest BCUT2D eigenvalue weighted by Gasteiger charge is 2.09. The van der Waals surface area contributed by atoms with E-state index in [1.807, 2.05) is 45.2 Å². The largest absolute Gasteiger partial charge is 0.484 e. The zero-order chi connectivity index (χ0) is 13.7. The Morgan fingerprint density at radius 1 is 1.26 bits per heavy atom. The first kappa shape index (κ1) is 13.5. The molecule has 0 saturated heterocycles. The molecule has 0 fully saturated rings. The summed E-state index contributed by atoms with van der Waals surface area (Å²) in [4.78, 5) is 4.26. The molecule has 19 heavy (non-hydrogen) atoms. The van der Waals surface area contributed by atoms with E-state index in [0.29, 0.717) is 18.3 Å². The maximum absolute atomic E-state index is 5.60. The molecule has 102 valence electrons. The summed E-state index contributed by atoms with van der Waals surface area (Å²) in [7, 11) is 1.92. The van der Waals surface area contributed by atoms with E-state index in [1.54, 1.807) is 0 Å². The smallest absolute Gasteiger partial charge is 0.264 e. The van der Waals surface area contributed by atoms with E-state index in [1.165, 1.54) is 5.56 Å². The molecule has 0 spiro atoms. The Hall–Kier alpha value is -1.88. The Bertz CT molecular complexity index is 506. The number of rotatable bonds is 6. The Balaban J connectivity index is 1.90. The normalized spacial score (nSPS) is 10.9. The van der Waals surface area contributed by atoms with Gasteiger partial charge in [-0.3, -0.25) is 0 Å². The average Bonchev–Trinajstić information content (AvgIpc) is 2.87. The molecule has 2 aromatic rings. The van der Waals surface area contributed by atoms with Crippen LogP contribution in [0.5, 0.6) is 5.75 Å². The summed E-state index contributed by atoms with van der Waals surface area (Å²) >= 11 is 0. The first-order valence-corrected chi connectivity index (χ1v) is 6.38. The zero-order valence-corrected chi connectivity index (χ0v) is 11.5. The molecule has 0 atom stereocenters. The van der Waals surface area contributed by atoms with Gasteiger partial charge in [-0.15, -0.1) is 0 Å². The van der Waals surface area contributed by atoms with Crippen LogP contribution in [0.15, 0.2) is 28.8 Å². The third kappa shape index (κ3) is 3.79. The number of nitrogens with one attached hydrogen (secondary N) is 1. The molecule has 1 N–H and O–H groups in total. The van der Waals surface area contributed by atoms with E-state index >= 15 is 0 Å². The zero-order valence-electron chi connectivity index (χ0n) is 11.5. The van der Waals surface area contributed by atoms with Crippen molar-refractivity contribution in [2.75, 3.05) is 7.05 Å². The van der Waals surface area contributed by atoms with Gasteiger partial charge >= 0.3 is 0 Å². The molecule has 0 unspecified atom stereocenters. The fraction of sp³-hybridized carbons (Fsp3) is 0.429. The van der Waals surface area contributed by atoms with Crippen LogP contribution in [0, 0.1) is 0 Å². The molecule has 2 rings (SSSR count). The molecule has 1 aromatic heterocycles. The quantitative estimate of drug-likeness (QED) is 0.865. The maximum atomic E-state index is 5.60. The van der Waals surface area contributed by atoms with Crippen LogP contribution in [-0.4, -0.2) is 17.2 Å². The standard InChI is InChI=1S/C14H19N3O2/c1-10(2)14-16-13(19-17-14)9-18-12-6-4-11(5-7-12)8-15-3/h4-7,10,15H,8-9H2,1-3H3. The van der Waals surface area contributed by atoms with Crippen molar-refractivity contribution in [3.8, 4) is 5.75 Å². The molecule has 1 aromatic carbocycles. The van der Waals surface area contributed by atoms with Crippen molar-refractivity contribution in [1.82, 2.24) is 15.5 Å². The second-order valence-electron chi connectivity index (χ2n) is 4.66. The van der Waals surface area contributed by atoms with Gasteiger partial charge in [0.15, 0.2) is 12.4 Å². The number of nitrogens with zero attached hydrogens (tertiary/aromatic N) is 2. The predicted molar refractivity (Wildman–Crippen MR) is 71.9 cm³/mol. The van der Waals surface area contributed by atoms with Crippen LogP contribution in [0.1, 0.15) is 37.0 Å². The van der Waals surface area contributed by atoms with Crippen LogP contribution in [0.3, 0.4) is 0 Å². The summed E-state index contributed by atoms with van der Waals surface area (Å²) < 4.78 is 10.7.